The average molecular weight is 343 g/mol. The van der Waals surface area contributed by atoms with E-state index in [1.807, 2.05) is 38.1 Å². The molecule has 0 spiro atoms. The highest BCUT2D eigenvalue weighted by atomic mass is 16.5. The van der Waals surface area contributed by atoms with E-state index in [9.17, 15) is 0 Å². The van der Waals surface area contributed by atoms with Gasteiger partial charge >= 0.3 is 0 Å². The maximum atomic E-state index is 5.87. The molecular formula is C19H25N3O3. The maximum Gasteiger partial charge on any atom is 0.161 e. The van der Waals surface area contributed by atoms with Crippen LogP contribution >= 0.6 is 0 Å². The molecule has 0 amide bonds. The Morgan fingerprint density at radius 3 is 2.80 bits per heavy atom. The number of methoxy groups -OCH3 is 1. The molecule has 6 heteroatoms. The first-order valence-electron chi connectivity index (χ1n) is 8.61. The quantitative estimate of drug-likeness (QED) is 0.832. The second kappa shape index (κ2) is 8.16. The Morgan fingerprint density at radius 2 is 2.08 bits per heavy atom. The molecule has 1 aromatic heterocycles. The highest BCUT2D eigenvalue weighted by molar-refractivity contribution is 5.44. The fraction of sp³-hybridized carbons (Fsp3) is 0.474. The monoisotopic (exact) mass is 343 g/mol. The molecule has 2 aromatic rings. The first-order chi connectivity index (χ1) is 12.1. The van der Waals surface area contributed by atoms with Crippen LogP contribution in [0.25, 0.3) is 0 Å². The van der Waals surface area contributed by atoms with Gasteiger partial charge in [-0.15, -0.1) is 0 Å². The number of hydrogen-bond donors (Lipinski definition) is 1. The second-order valence-electron chi connectivity index (χ2n) is 6.23. The molecule has 6 nitrogen and oxygen atoms in total. The van der Waals surface area contributed by atoms with Gasteiger partial charge in [-0.3, -0.25) is 0 Å². The van der Waals surface area contributed by atoms with Crippen LogP contribution in [0.15, 0.2) is 24.3 Å². The number of aryl methyl sites for hydroxylation is 2. The van der Waals surface area contributed by atoms with E-state index in [0.717, 1.165) is 53.8 Å². The highest BCUT2D eigenvalue weighted by Crippen LogP contribution is 2.29. The van der Waals surface area contributed by atoms with Crippen molar-refractivity contribution in [2.24, 2.45) is 0 Å². The van der Waals surface area contributed by atoms with E-state index >= 15 is 0 Å². The van der Waals surface area contributed by atoms with Gasteiger partial charge in [-0.25, -0.2) is 9.97 Å². The molecule has 1 aliphatic rings. The summed E-state index contributed by atoms with van der Waals surface area (Å²) < 4.78 is 16.9. The fourth-order valence-electron chi connectivity index (χ4n) is 2.90. The van der Waals surface area contributed by atoms with Gasteiger partial charge in [0.15, 0.2) is 11.5 Å². The third-order valence-corrected chi connectivity index (χ3v) is 4.12. The van der Waals surface area contributed by atoms with Gasteiger partial charge in [0, 0.05) is 24.9 Å². The molecule has 0 saturated carbocycles. The molecule has 134 valence electrons. The lowest BCUT2D eigenvalue weighted by Crippen LogP contribution is -2.16. The minimum absolute atomic E-state index is 0.190. The van der Waals surface area contributed by atoms with E-state index in [2.05, 4.69) is 15.3 Å². The van der Waals surface area contributed by atoms with E-state index in [1.165, 1.54) is 0 Å². The summed E-state index contributed by atoms with van der Waals surface area (Å²) in [5.41, 5.74) is 2.04. The summed E-state index contributed by atoms with van der Waals surface area (Å²) in [7, 11) is 1.66. The number of aromatic nitrogens is 2. The normalized spacial score (nSPS) is 16.7. The Bertz CT molecular complexity index is 695. The Morgan fingerprint density at radius 1 is 1.20 bits per heavy atom. The Kier molecular flexibility index (Phi) is 5.71. The topological polar surface area (TPSA) is 65.5 Å². The Balaban J connectivity index is 1.62. The van der Waals surface area contributed by atoms with Crippen LogP contribution < -0.4 is 14.8 Å². The summed E-state index contributed by atoms with van der Waals surface area (Å²) >= 11 is 0. The number of ether oxygens (including phenoxy) is 3. The molecule has 3 rings (SSSR count). The van der Waals surface area contributed by atoms with Crippen LogP contribution in [0.5, 0.6) is 11.5 Å². The summed E-state index contributed by atoms with van der Waals surface area (Å²) in [6, 6.07) is 7.89. The Labute approximate surface area is 148 Å². The largest absolute Gasteiger partial charge is 0.493 e. The van der Waals surface area contributed by atoms with Crippen molar-refractivity contribution in [3.63, 3.8) is 0 Å². The zero-order valence-electron chi connectivity index (χ0n) is 15.0. The molecule has 1 aliphatic heterocycles. The number of nitrogens with zero attached hydrogens (tertiary/aromatic N) is 2. The van der Waals surface area contributed by atoms with Crippen LogP contribution in [0.3, 0.4) is 0 Å². The van der Waals surface area contributed by atoms with Crippen molar-refractivity contribution < 1.29 is 14.2 Å². The van der Waals surface area contributed by atoms with E-state index in [-0.39, 0.29) is 6.10 Å². The molecule has 1 fully saturated rings. The van der Waals surface area contributed by atoms with Gasteiger partial charge in [0.2, 0.25) is 0 Å². The second-order valence-corrected chi connectivity index (χ2v) is 6.23. The lowest BCUT2D eigenvalue weighted by Gasteiger charge is -2.15. The lowest BCUT2D eigenvalue weighted by atomic mass is 10.2. The molecule has 0 bridgehead atoms. The highest BCUT2D eigenvalue weighted by Gasteiger charge is 2.17. The van der Waals surface area contributed by atoms with Gasteiger partial charge in [0.1, 0.15) is 18.2 Å². The van der Waals surface area contributed by atoms with Gasteiger partial charge in [0.25, 0.3) is 0 Å². The van der Waals surface area contributed by atoms with Crippen LogP contribution in [0.4, 0.5) is 5.82 Å². The standard InChI is InChI=1S/C19H25N3O3/c1-13-9-19(22-14(2)21-13)20-11-15-6-7-17(18(10-15)23-3)25-12-16-5-4-8-24-16/h6-7,9-10,16H,4-5,8,11-12H2,1-3H3,(H,20,21,22)/t16-/m0/s1. The Hall–Kier alpha value is -2.34. The SMILES string of the molecule is COc1cc(CNc2cc(C)nc(C)n2)ccc1OC[C@@H]1CCCO1. The summed E-state index contributed by atoms with van der Waals surface area (Å²) in [6.07, 6.45) is 2.36. The molecular weight excluding hydrogens is 318 g/mol. The molecule has 0 unspecified atom stereocenters. The van der Waals surface area contributed by atoms with Crippen LogP contribution in [-0.4, -0.2) is 36.4 Å². The molecule has 0 aliphatic carbocycles. The van der Waals surface area contributed by atoms with Crippen molar-refractivity contribution in [2.75, 3.05) is 25.6 Å². The van der Waals surface area contributed by atoms with Crippen molar-refractivity contribution in [3.05, 3.63) is 41.3 Å². The number of anilines is 1. The first kappa shape index (κ1) is 17.5. The van der Waals surface area contributed by atoms with Gasteiger partial charge in [-0.1, -0.05) is 6.07 Å². The molecule has 1 aromatic carbocycles. The van der Waals surface area contributed by atoms with Gasteiger partial charge in [0.05, 0.1) is 13.2 Å². The van der Waals surface area contributed by atoms with Crippen molar-refractivity contribution in [1.29, 1.82) is 0 Å². The van der Waals surface area contributed by atoms with Crippen molar-refractivity contribution >= 4 is 5.82 Å². The number of nitrogens with one attached hydrogen (secondary N) is 1. The summed E-state index contributed by atoms with van der Waals surface area (Å²) in [5.74, 6) is 3.06. The molecule has 1 saturated heterocycles. The molecule has 0 radical (unpaired) electrons. The van der Waals surface area contributed by atoms with Crippen molar-refractivity contribution in [3.8, 4) is 11.5 Å². The van der Waals surface area contributed by atoms with Crippen LogP contribution in [0.1, 0.15) is 29.9 Å². The maximum absolute atomic E-state index is 5.87. The summed E-state index contributed by atoms with van der Waals surface area (Å²) in [6.45, 7) is 5.90. The predicted molar refractivity (Wildman–Crippen MR) is 96.3 cm³/mol. The van der Waals surface area contributed by atoms with E-state index < -0.39 is 0 Å². The molecule has 1 N–H and O–H groups in total. The molecule has 25 heavy (non-hydrogen) atoms. The zero-order valence-corrected chi connectivity index (χ0v) is 15.0. The molecule has 1 atom stereocenters. The average Bonchev–Trinajstić information content (AvgIpc) is 3.11. The summed E-state index contributed by atoms with van der Waals surface area (Å²) in [5, 5.41) is 3.32. The van der Waals surface area contributed by atoms with Gasteiger partial charge < -0.3 is 19.5 Å². The van der Waals surface area contributed by atoms with Gasteiger partial charge in [-0.05, 0) is 44.4 Å². The minimum Gasteiger partial charge on any atom is -0.493 e. The third-order valence-electron chi connectivity index (χ3n) is 4.12. The smallest absolute Gasteiger partial charge is 0.161 e. The van der Waals surface area contributed by atoms with E-state index in [4.69, 9.17) is 14.2 Å². The molecule has 2 heterocycles. The van der Waals surface area contributed by atoms with Crippen molar-refractivity contribution in [2.45, 2.75) is 39.3 Å². The van der Waals surface area contributed by atoms with Crippen LogP contribution in [0.2, 0.25) is 0 Å². The predicted octanol–water partition coefficient (Wildman–Crippen LogP) is 3.27. The first-order valence-corrected chi connectivity index (χ1v) is 8.61. The minimum atomic E-state index is 0.190. The van der Waals surface area contributed by atoms with Gasteiger partial charge in [-0.2, -0.15) is 0 Å². The summed E-state index contributed by atoms with van der Waals surface area (Å²) in [4.78, 5) is 8.67. The number of hydrogen-bond acceptors (Lipinski definition) is 6. The zero-order chi connectivity index (χ0) is 17.6. The third kappa shape index (κ3) is 4.82. The van der Waals surface area contributed by atoms with Crippen molar-refractivity contribution in [1.82, 2.24) is 9.97 Å². The lowest BCUT2D eigenvalue weighted by molar-refractivity contribution is 0.0669. The van der Waals surface area contributed by atoms with E-state index in [0.29, 0.717) is 13.2 Å². The number of rotatable bonds is 7. The fourth-order valence-corrected chi connectivity index (χ4v) is 2.90. The number of benzene rings is 1. The van der Waals surface area contributed by atoms with Crippen LogP contribution in [-0.2, 0) is 11.3 Å². The van der Waals surface area contributed by atoms with Crippen LogP contribution in [0, 0.1) is 13.8 Å². The van der Waals surface area contributed by atoms with E-state index in [1.54, 1.807) is 7.11 Å².